The van der Waals surface area contributed by atoms with E-state index < -0.39 is 19.7 Å². The maximum atomic E-state index is 13.5. The predicted octanol–water partition coefficient (Wildman–Crippen LogP) is 7.97. The molecule has 17 heteroatoms. The van der Waals surface area contributed by atoms with Gasteiger partial charge in [-0.3, -0.25) is 19.9 Å². The minimum absolute atomic E-state index is 0. The van der Waals surface area contributed by atoms with Crippen molar-refractivity contribution in [1.29, 1.82) is 0 Å². The first kappa shape index (κ1) is 46.0. The second-order valence-corrected chi connectivity index (χ2v) is 18.9. The number of halogens is 2. The molecule has 13 nitrogen and oxygen atoms in total. The summed E-state index contributed by atoms with van der Waals surface area (Å²) in [4.78, 5) is 13.2. The number of piperidine rings is 2. The Morgan fingerprint density at radius 1 is 0.677 bits per heavy atom. The molecule has 6 N–H and O–H groups in total. The Balaban J connectivity index is 0.000000174. The monoisotopic (exact) mass is 914 g/mol. The molecule has 0 saturated carbocycles. The van der Waals surface area contributed by atoms with Crippen molar-refractivity contribution >= 4 is 105 Å². The van der Waals surface area contributed by atoms with Crippen LogP contribution in [-0.4, -0.2) is 87.2 Å². The Morgan fingerprint density at radius 3 is 1.76 bits per heavy atom. The van der Waals surface area contributed by atoms with Gasteiger partial charge in [-0.15, -0.1) is 24.8 Å². The maximum Gasteiger partial charge on any atom is 0.224 e. The summed E-state index contributed by atoms with van der Waals surface area (Å²) in [5, 5.41) is 25.1. The lowest BCUT2D eigenvalue weighted by Crippen LogP contribution is -2.38. The Hall–Kier alpha value is -5.55. The highest BCUT2D eigenvalue weighted by Gasteiger charge is 2.27. The number of carbonyl (C=O) groups is 1. The van der Waals surface area contributed by atoms with E-state index in [9.17, 15) is 21.6 Å². The summed E-state index contributed by atoms with van der Waals surface area (Å²) < 4.78 is 53.3. The highest BCUT2D eigenvalue weighted by molar-refractivity contribution is 7.92. The summed E-state index contributed by atoms with van der Waals surface area (Å²) >= 11 is 0. The lowest BCUT2D eigenvalue weighted by molar-refractivity contribution is -0.121. The molecule has 0 radical (unpaired) electrons. The topological polar surface area (TPSA) is 196 Å². The Bertz CT molecular complexity index is 3070. The second kappa shape index (κ2) is 19.7. The summed E-state index contributed by atoms with van der Waals surface area (Å²) in [5.74, 6) is 0.388. The number of sulfone groups is 2. The van der Waals surface area contributed by atoms with Crippen LogP contribution in [0.4, 0.5) is 11.4 Å². The number of hydrogen-bond acceptors (Lipinski definition) is 11. The molecule has 10 rings (SSSR count). The molecular formula is C45H48Cl2N8O5S2. The third kappa shape index (κ3) is 9.73. The van der Waals surface area contributed by atoms with Crippen LogP contribution in [0.1, 0.15) is 25.7 Å². The number of carbonyl (C=O) groups excluding carboxylic acids is 1. The van der Waals surface area contributed by atoms with Crippen molar-refractivity contribution < 1.29 is 21.6 Å². The van der Waals surface area contributed by atoms with Crippen molar-refractivity contribution in [3.05, 3.63) is 121 Å². The van der Waals surface area contributed by atoms with E-state index in [4.69, 9.17) is 5.73 Å². The summed E-state index contributed by atoms with van der Waals surface area (Å²) in [6.07, 6.45) is 4.07. The molecule has 6 aromatic carbocycles. The minimum Gasteiger partial charge on any atom is -0.399 e. The average Bonchev–Trinajstić information content (AvgIpc) is 3.89. The molecule has 0 amide bonds. The van der Waals surface area contributed by atoms with E-state index in [2.05, 4.69) is 35.9 Å². The third-order valence-electron chi connectivity index (χ3n) is 10.8. The first-order valence-corrected chi connectivity index (χ1v) is 22.8. The van der Waals surface area contributed by atoms with Gasteiger partial charge in [0.1, 0.15) is 5.78 Å². The highest BCUT2D eigenvalue weighted by Crippen LogP contribution is 2.34. The van der Waals surface area contributed by atoms with Crippen LogP contribution >= 0.6 is 24.8 Å². The molecule has 324 valence electrons. The van der Waals surface area contributed by atoms with Gasteiger partial charge >= 0.3 is 0 Å². The van der Waals surface area contributed by atoms with Crippen LogP contribution in [0.25, 0.3) is 43.4 Å². The van der Waals surface area contributed by atoms with Crippen LogP contribution in [0.15, 0.2) is 141 Å². The number of rotatable bonds is 6. The van der Waals surface area contributed by atoms with Crippen LogP contribution in [0.2, 0.25) is 0 Å². The number of nitrogens with two attached hydrogens (primary N) is 1. The molecule has 1 unspecified atom stereocenters. The number of hydrogen-bond donors (Lipinski definition) is 5. The molecule has 2 aliphatic heterocycles. The van der Waals surface area contributed by atoms with Crippen LogP contribution in [-0.2, 0) is 24.5 Å². The normalized spacial score (nSPS) is 15.8. The maximum absolute atomic E-state index is 13.5. The third-order valence-corrected chi connectivity index (χ3v) is 14.4. The molecule has 2 aliphatic rings. The number of fused-ring (bicyclic) bond motifs is 4. The Kier molecular flexibility index (Phi) is 14.6. The smallest absolute Gasteiger partial charge is 0.224 e. The number of nitrogen functional groups attached to an aromatic ring is 1. The summed E-state index contributed by atoms with van der Waals surface area (Å²) in [5.41, 5.74) is 8.39. The van der Waals surface area contributed by atoms with Crippen molar-refractivity contribution in [1.82, 2.24) is 30.6 Å². The first-order valence-electron chi connectivity index (χ1n) is 19.8. The number of aromatic amines is 2. The van der Waals surface area contributed by atoms with Crippen LogP contribution < -0.4 is 16.4 Å². The molecule has 0 bridgehead atoms. The number of Topliss-reactive ketones (excluding diaryl/α,β-unsaturated/α-hetero) is 1. The molecule has 4 heterocycles. The molecule has 8 aromatic rings. The van der Waals surface area contributed by atoms with Gasteiger partial charge in [0.15, 0.2) is 10.1 Å². The van der Waals surface area contributed by atoms with Gasteiger partial charge in [0, 0.05) is 51.9 Å². The molecule has 2 saturated heterocycles. The Morgan fingerprint density at radius 2 is 1.23 bits per heavy atom. The molecule has 62 heavy (non-hydrogen) atoms. The van der Waals surface area contributed by atoms with Crippen LogP contribution in [0.5, 0.6) is 0 Å². The number of aromatic nitrogens is 4. The average molecular weight is 916 g/mol. The standard InChI is InChI=1S/C22H22N4O2S.C17H13N3O2S.C6H11NO.2ClH/c27-29(28,21-9-3-6-15-5-1-2-8-18(15)21)22-19-13-16(10-11-20(19)25-26-22)24-17-7-4-12-23-14-17;18-12-8-9-15-14(10-12)17(20-19-15)23(21,22)16-7-3-5-11-4-1-2-6-13(11)16;1-7-4-2-3-6(8)5-7;;/h1-3,5-6,8-11,13,17,23-24H,4,7,12,14H2,(H,25,26);1-10H,18H2,(H,19,20);2-5H2,1H3;2*1H. The van der Waals surface area contributed by atoms with Crippen LogP contribution in [0, 0.1) is 0 Å². The van der Waals surface area contributed by atoms with Gasteiger partial charge in [-0.1, -0.05) is 72.8 Å². The van der Waals surface area contributed by atoms with Crippen molar-refractivity contribution in [3.63, 3.8) is 0 Å². The molecule has 0 spiro atoms. The van der Waals surface area contributed by atoms with Crippen molar-refractivity contribution in [2.75, 3.05) is 44.3 Å². The zero-order valence-corrected chi connectivity index (χ0v) is 37.1. The van der Waals surface area contributed by atoms with E-state index in [1.54, 1.807) is 48.5 Å². The molecule has 0 aliphatic carbocycles. The number of benzene rings is 6. The zero-order valence-electron chi connectivity index (χ0n) is 33.9. The zero-order chi connectivity index (χ0) is 41.9. The van der Waals surface area contributed by atoms with Crippen LogP contribution in [0.3, 0.4) is 0 Å². The molecule has 2 fully saturated rings. The number of ketones is 1. The van der Waals surface area contributed by atoms with Gasteiger partial charge in [-0.05, 0) is 98.7 Å². The summed E-state index contributed by atoms with van der Waals surface area (Å²) in [6.45, 7) is 3.71. The van der Waals surface area contributed by atoms with Crippen molar-refractivity contribution in [2.24, 2.45) is 0 Å². The first-order chi connectivity index (χ1) is 29.0. The van der Waals surface area contributed by atoms with Crippen molar-refractivity contribution in [3.8, 4) is 0 Å². The summed E-state index contributed by atoms with van der Waals surface area (Å²) in [6, 6.07) is 36.5. The fourth-order valence-corrected chi connectivity index (χ4v) is 10.9. The van der Waals surface area contributed by atoms with Crippen molar-refractivity contribution in [2.45, 2.75) is 51.6 Å². The minimum atomic E-state index is -3.76. The fourth-order valence-electron chi connectivity index (χ4n) is 7.79. The lowest BCUT2D eigenvalue weighted by atomic mass is 10.1. The largest absolute Gasteiger partial charge is 0.399 e. The van der Waals surface area contributed by atoms with Gasteiger partial charge in [0.05, 0.1) is 27.4 Å². The molecule has 2 aromatic heterocycles. The van der Waals surface area contributed by atoms with E-state index in [1.807, 2.05) is 79.8 Å². The van der Waals surface area contributed by atoms with E-state index >= 15 is 0 Å². The molecular weight excluding hydrogens is 868 g/mol. The predicted molar refractivity (Wildman–Crippen MR) is 251 cm³/mol. The SMILES string of the molecule is CN1CCCC(=O)C1.Cl.Cl.Nc1ccc2n[nH]c(S(=O)(=O)c3cccc4ccccc34)c2c1.O=S(=O)(c1cccc2ccccc12)c1[nH]nc2ccc(NC3CCCNC3)cc12. The second-order valence-electron chi connectivity index (χ2n) is 15.1. The van der Waals surface area contributed by atoms with Gasteiger partial charge < -0.3 is 16.4 Å². The van der Waals surface area contributed by atoms with E-state index in [1.165, 1.54) is 0 Å². The van der Waals surface area contributed by atoms with E-state index in [-0.39, 0.29) is 44.7 Å². The fraction of sp³-hybridized carbons (Fsp3) is 0.222. The lowest BCUT2D eigenvalue weighted by Gasteiger charge is -2.24. The number of H-pyrrole nitrogens is 2. The number of likely N-dealkylation sites (N-methyl/N-ethyl adjacent to an activating group) is 1. The quantitative estimate of drug-likeness (QED) is 0.102. The number of nitrogens with zero attached hydrogens (tertiary/aromatic N) is 3. The number of likely N-dealkylation sites (tertiary alicyclic amines) is 1. The van der Waals surface area contributed by atoms with Gasteiger partial charge in [-0.25, -0.2) is 16.8 Å². The van der Waals surface area contributed by atoms with Gasteiger partial charge in [-0.2, -0.15) is 10.2 Å². The van der Waals surface area contributed by atoms with E-state index in [0.717, 1.165) is 61.8 Å². The van der Waals surface area contributed by atoms with Gasteiger partial charge in [0.2, 0.25) is 19.7 Å². The van der Waals surface area contributed by atoms with E-state index in [0.29, 0.717) is 56.6 Å². The number of anilines is 2. The highest BCUT2D eigenvalue weighted by atomic mass is 35.5. The number of nitrogens with one attached hydrogen (secondary N) is 4. The van der Waals surface area contributed by atoms with Gasteiger partial charge in [0.25, 0.3) is 0 Å². The summed E-state index contributed by atoms with van der Waals surface area (Å²) in [7, 11) is -5.51. The molecule has 1 atom stereocenters. The Labute approximate surface area is 372 Å².